The molecule has 0 fully saturated rings. The van der Waals surface area contributed by atoms with E-state index in [1.807, 2.05) is 84.3 Å². The van der Waals surface area contributed by atoms with Crippen LogP contribution in [0.15, 0.2) is 99.2 Å². The zero-order valence-corrected chi connectivity index (χ0v) is 19.4. The number of ether oxygens (including phenoxy) is 1. The summed E-state index contributed by atoms with van der Waals surface area (Å²) in [5, 5.41) is 1.94. The van der Waals surface area contributed by atoms with Gasteiger partial charge in [0.2, 0.25) is 0 Å². The number of esters is 1. The molecule has 0 aliphatic carbocycles. The number of carbonyl (C=O) groups is 1. The molecule has 0 amide bonds. The minimum Gasteiger partial charge on any atom is -0.457 e. The van der Waals surface area contributed by atoms with E-state index in [4.69, 9.17) is 4.74 Å². The molecular formula is C26H20N2O3S2. The molecule has 7 heteroatoms. The molecule has 2 aromatic carbocycles. The van der Waals surface area contributed by atoms with E-state index in [-0.39, 0.29) is 12.2 Å². The molecular weight excluding hydrogens is 452 g/mol. The number of thiophene rings is 1. The summed E-state index contributed by atoms with van der Waals surface area (Å²) in [5.74, 6) is -0.462. The highest BCUT2D eigenvalue weighted by atomic mass is 32.1. The molecule has 1 aliphatic heterocycles. The zero-order valence-electron chi connectivity index (χ0n) is 17.8. The molecule has 2 aromatic heterocycles. The van der Waals surface area contributed by atoms with Gasteiger partial charge in [0, 0.05) is 4.88 Å². The highest BCUT2D eigenvalue weighted by Crippen LogP contribution is 2.33. The molecule has 5 nitrogen and oxygen atoms in total. The fourth-order valence-electron chi connectivity index (χ4n) is 3.80. The van der Waals surface area contributed by atoms with E-state index in [0.29, 0.717) is 20.6 Å². The van der Waals surface area contributed by atoms with Gasteiger partial charge in [-0.05, 0) is 35.6 Å². The van der Waals surface area contributed by atoms with E-state index in [9.17, 15) is 9.59 Å². The maximum Gasteiger partial charge on any atom is 0.338 e. The largest absolute Gasteiger partial charge is 0.457 e. The van der Waals surface area contributed by atoms with Crippen molar-refractivity contribution >= 4 is 34.7 Å². The first-order valence-electron chi connectivity index (χ1n) is 10.4. The van der Waals surface area contributed by atoms with Crippen LogP contribution < -0.4 is 14.9 Å². The van der Waals surface area contributed by atoms with Crippen molar-refractivity contribution < 1.29 is 9.53 Å². The molecule has 0 bridgehead atoms. The molecule has 0 radical (unpaired) electrons. The lowest BCUT2D eigenvalue weighted by molar-refractivity contribution is -0.140. The summed E-state index contributed by atoms with van der Waals surface area (Å²) >= 11 is 2.84. The van der Waals surface area contributed by atoms with Crippen molar-refractivity contribution in [2.24, 2.45) is 4.99 Å². The van der Waals surface area contributed by atoms with Gasteiger partial charge in [-0.15, -0.1) is 11.3 Å². The van der Waals surface area contributed by atoms with Gasteiger partial charge in [-0.25, -0.2) is 9.79 Å². The van der Waals surface area contributed by atoms with Crippen LogP contribution in [-0.4, -0.2) is 10.5 Å². The molecule has 1 aliphatic rings. The molecule has 0 saturated heterocycles. The monoisotopic (exact) mass is 472 g/mol. The number of aromatic nitrogens is 1. The molecule has 164 valence electrons. The van der Waals surface area contributed by atoms with Crippen molar-refractivity contribution in [2.75, 3.05) is 0 Å². The third-order valence-corrected chi connectivity index (χ3v) is 7.27. The smallest absolute Gasteiger partial charge is 0.338 e. The van der Waals surface area contributed by atoms with E-state index in [2.05, 4.69) is 4.99 Å². The first-order valence-corrected chi connectivity index (χ1v) is 12.1. The second kappa shape index (κ2) is 9.13. The summed E-state index contributed by atoms with van der Waals surface area (Å²) in [4.78, 5) is 32.8. The Hall–Kier alpha value is -3.55. The lowest BCUT2D eigenvalue weighted by Crippen LogP contribution is -2.39. The van der Waals surface area contributed by atoms with Gasteiger partial charge in [0.25, 0.3) is 5.56 Å². The standard InChI is InChI=1S/C26H20N2O3S2/c1-17-22(25(30)31-16-19-11-6-3-7-12-19)23(20-13-8-14-32-20)28-24(29)21(33-26(28)27-17)15-18-9-4-2-5-10-18/h2-15,23H,16H2,1H3. The first kappa shape index (κ1) is 21.3. The van der Waals surface area contributed by atoms with Crippen LogP contribution in [0.25, 0.3) is 6.08 Å². The summed E-state index contributed by atoms with van der Waals surface area (Å²) in [5.41, 5.74) is 2.64. The fraction of sp³-hybridized carbons (Fsp3) is 0.115. The van der Waals surface area contributed by atoms with E-state index in [1.54, 1.807) is 11.5 Å². The van der Waals surface area contributed by atoms with Crippen molar-refractivity contribution in [1.29, 1.82) is 0 Å². The number of rotatable bonds is 5. The molecule has 5 rings (SSSR count). The molecule has 0 N–H and O–H groups in total. The summed E-state index contributed by atoms with van der Waals surface area (Å²) in [6.45, 7) is 1.96. The maximum absolute atomic E-state index is 13.5. The topological polar surface area (TPSA) is 60.7 Å². The fourth-order valence-corrected chi connectivity index (χ4v) is 5.67. The lowest BCUT2D eigenvalue weighted by Gasteiger charge is -2.23. The van der Waals surface area contributed by atoms with Gasteiger partial charge in [0.05, 0.1) is 15.8 Å². The number of allylic oxidation sites excluding steroid dienone is 1. The second-order valence-electron chi connectivity index (χ2n) is 7.57. The Morgan fingerprint density at radius 2 is 1.79 bits per heavy atom. The van der Waals surface area contributed by atoms with Crippen LogP contribution >= 0.6 is 22.7 Å². The molecule has 0 spiro atoms. The summed E-state index contributed by atoms with van der Waals surface area (Å²) in [6, 6.07) is 22.5. The quantitative estimate of drug-likeness (QED) is 0.412. The normalized spacial score (nSPS) is 15.8. The minimum atomic E-state index is -0.567. The van der Waals surface area contributed by atoms with Crippen LogP contribution in [0.4, 0.5) is 0 Å². The molecule has 1 unspecified atom stereocenters. The number of hydrogen-bond acceptors (Lipinski definition) is 6. The van der Waals surface area contributed by atoms with Crippen molar-refractivity contribution in [2.45, 2.75) is 19.6 Å². The van der Waals surface area contributed by atoms with Gasteiger partial charge >= 0.3 is 5.97 Å². The highest BCUT2D eigenvalue weighted by Gasteiger charge is 2.34. The number of benzene rings is 2. The number of nitrogens with zero attached hydrogens (tertiary/aromatic N) is 2. The number of carbonyl (C=O) groups excluding carboxylic acids is 1. The van der Waals surface area contributed by atoms with Crippen LogP contribution in [-0.2, 0) is 16.1 Å². The van der Waals surface area contributed by atoms with Crippen LogP contribution in [0, 0.1) is 0 Å². The second-order valence-corrected chi connectivity index (χ2v) is 9.56. The Balaban J connectivity index is 1.59. The lowest BCUT2D eigenvalue weighted by atomic mass is 10.0. The van der Waals surface area contributed by atoms with Gasteiger partial charge in [-0.1, -0.05) is 78.1 Å². The molecule has 4 aromatic rings. The molecule has 33 heavy (non-hydrogen) atoms. The predicted molar refractivity (Wildman–Crippen MR) is 131 cm³/mol. The van der Waals surface area contributed by atoms with Crippen LogP contribution in [0.1, 0.15) is 29.0 Å². The highest BCUT2D eigenvalue weighted by molar-refractivity contribution is 7.10. The van der Waals surface area contributed by atoms with Gasteiger partial charge in [-0.2, -0.15) is 0 Å². The van der Waals surface area contributed by atoms with Crippen molar-refractivity contribution in [3.05, 3.63) is 125 Å². The zero-order chi connectivity index (χ0) is 22.8. The minimum absolute atomic E-state index is 0.159. The van der Waals surface area contributed by atoms with Crippen molar-refractivity contribution in [1.82, 2.24) is 4.57 Å². The summed E-state index contributed by atoms with van der Waals surface area (Å²) < 4.78 is 7.85. The molecule has 3 heterocycles. The maximum atomic E-state index is 13.5. The third kappa shape index (κ3) is 4.25. The predicted octanol–water partition coefficient (Wildman–Crippen LogP) is 4.04. The Morgan fingerprint density at radius 3 is 2.48 bits per heavy atom. The average molecular weight is 473 g/mol. The Labute approximate surface area is 198 Å². The van der Waals surface area contributed by atoms with Gasteiger partial charge < -0.3 is 4.74 Å². The van der Waals surface area contributed by atoms with Crippen LogP contribution in [0.5, 0.6) is 0 Å². The first-order chi connectivity index (χ1) is 16.1. The Morgan fingerprint density at radius 1 is 1.06 bits per heavy atom. The average Bonchev–Trinajstić information content (AvgIpc) is 3.47. The van der Waals surface area contributed by atoms with Gasteiger partial charge in [0.15, 0.2) is 4.80 Å². The number of fused-ring (bicyclic) bond motifs is 1. The summed E-state index contributed by atoms with van der Waals surface area (Å²) in [6.07, 6.45) is 1.86. The SMILES string of the molecule is CC1=C(C(=O)OCc2ccccc2)C(c2cccs2)n2c(sc(=Cc3ccccc3)c2=O)=N1. The van der Waals surface area contributed by atoms with Crippen LogP contribution in [0.3, 0.4) is 0 Å². The van der Waals surface area contributed by atoms with Crippen molar-refractivity contribution in [3.63, 3.8) is 0 Å². The summed E-state index contributed by atoms with van der Waals surface area (Å²) in [7, 11) is 0. The Kier molecular flexibility index (Phi) is 5.90. The van der Waals surface area contributed by atoms with Gasteiger partial charge in [0.1, 0.15) is 12.6 Å². The van der Waals surface area contributed by atoms with E-state index >= 15 is 0 Å². The van der Waals surface area contributed by atoms with Crippen LogP contribution in [0.2, 0.25) is 0 Å². The van der Waals surface area contributed by atoms with E-state index in [0.717, 1.165) is 16.0 Å². The molecule has 0 saturated carbocycles. The van der Waals surface area contributed by atoms with Gasteiger partial charge in [-0.3, -0.25) is 9.36 Å². The third-order valence-electron chi connectivity index (χ3n) is 5.36. The number of thiazole rings is 1. The van der Waals surface area contributed by atoms with E-state index in [1.165, 1.54) is 22.7 Å². The Bertz CT molecular complexity index is 1500. The van der Waals surface area contributed by atoms with E-state index < -0.39 is 12.0 Å². The number of hydrogen-bond donors (Lipinski definition) is 0. The molecule has 1 atom stereocenters. The van der Waals surface area contributed by atoms with Crippen molar-refractivity contribution in [3.8, 4) is 0 Å².